The Bertz CT molecular complexity index is 1190. The Morgan fingerprint density at radius 2 is 2.03 bits per heavy atom. The number of benzene rings is 1. The predicted molar refractivity (Wildman–Crippen MR) is 121 cm³/mol. The number of fused-ring (bicyclic) bond motifs is 1. The van der Waals surface area contributed by atoms with Crippen molar-refractivity contribution < 1.29 is 18.1 Å². The van der Waals surface area contributed by atoms with E-state index in [-0.39, 0.29) is 34.6 Å². The molecule has 0 aliphatic carbocycles. The molecular weight excluding hydrogens is 401 g/mol. The van der Waals surface area contributed by atoms with Gasteiger partial charge < -0.3 is 20.5 Å². The molecule has 0 saturated heterocycles. The molecule has 3 aromatic heterocycles. The molecule has 0 amide bonds. The van der Waals surface area contributed by atoms with E-state index in [9.17, 15) is 4.39 Å². The summed E-state index contributed by atoms with van der Waals surface area (Å²) in [5.74, 6) is 0.520. The maximum atomic E-state index is 13.3. The summed E-state index contributed by atoms with van der Waals surface area (Å²) in [5.41, 5.74) is 8.73. The van der Waals surface area contributed by atoms with E-state index >= 15 is 0 Å². The minimum Gasteiger partial charge on any atom is -0.461 e. The van der Waals surface area contributed by atoms with Gasteiger partial charge in [-0.1, -0.05) is 12.1 Å². The third-order valence-electron chi connectivity index (χ3n) is 4.64. The third kappa shape index (κ3) is 4.53. The highest BCUT2D eigenvalue weighted by molar-refractivity contribution is 5.85. The summed E-state index contributed by atoms with van der Waals surface area (Å²) in [4.78, 5) is 13.3. The maximum Gasteiger partial charge on any atom is 0.319 e. The normalized spacial score (nSPS) is 12.1. The van der Waals surface area contributed by atoms with Crippen molar-refractivity contribution in [2.75, 3.05) is 31.4 Å². The average Bonchev–Trinajstić information content (AvgIpc) is 3.10. The van der Waals surface area contributed by atoms with Crippen molar-refractivity contribution in [1.82, 2.24) is 24.6 Å². The Hall–Kier alpha value is -3.79. The predicted octanol–water partition coefficient (Wildman–Crippen LogP) is 3.84. The summed E-state index contributed by atoms with van der Waals surface area (Å²) in [5, 5.41) is 7.60. The van der Waals surface area contributed by atoms with Crippen molar-refractivity contribution in [1.29, 1.82) is 0 Å². The smallest absolute Gasteiger partial charge is 0.319 e. The highest BCUT2D eigenvalue weighted by Gasteiger charge is 2.18. The summed E-state index contributed by atoms with van der Waals surface area (Å²) in [6.45, 7) is 2.63. The van der Waals surface area contributed by atoms with Crippen LogP contribution < -0.4 is 15.8 Å². The molecule has 0 aliphatic heterocycles. The molecular formula is C21H28FN7O2. The van der Waals surface area contributed by atoms with Crippen LogP contribution in [0.2, 0.25) is 0 Å². The molecule has 0 spiro atoms. The van der Waals surface area contributed by atoms with E-state index in [4.69, 9.17) is 15.2 Å². The zero-order valence-corrected chi connectivity index (χ0v) is 17.1. The van der Waals surface area contributed by atoms with E-state index in [0.29, 0.717) is 29.3 Å². The molecule has 0 unspecified atom stereocenters. The van der Waals surface area contributed by atoms with Gasteiger partial charge in [-0.3, -0.25) is 0 Å². The topological polar surface area (TPSA) is 112 Å². The van der Waals surface area contributed by atoms with Crippen LogP contribution >= 0.6 is 0 Å². The van der Waals surface area contributed by atoms with Crippen molar-refractivity contribution in [3.8, 4) is 17.3 Å². The fourth-order valence-corrected chi connectivity index (χ4v) is 3.11. The number of nitrogens with one attached hydrogen (secondary N) is 1. The van der Waals surface area contributed by atoms with Gasteiger partial charge in [0.25, 0.3) is 0 Å². The van der Waals surface area contributed by atoms with E-state index in [1.807, 2.05) is 6.92 Å². The molecule has 31 heavy (non-hydrogen) atoms. The van der Waals surface area contributed by atoms with E-state index < -0.39 is 0 Å². The van der Waals surface area contributed by atoms with Crippen molar-refractivity contribution in [2.45, 2.75) is 13.0 Å². The monoisotopic (exact) mass is 429 g/mol. The van der Waals surface area contributed by atoms with Crippen LogP contribution in [0.3, 0.4) is 0 Å². The lowest BCUT2D eigenvalue weighted by molar-refractivity contribution is 0.141. The van der Waals surface area contributed by atoms with Crippen LogP contribution in [-0.2, 0) is 4.74 Å². The highest BCUT2D eigenvalue weighted by atomic mass is 19.1. The van der Waals surface area contributed by atoms with Crippen LogP contribution in [0.15, 0.2) is 48.8 Å². The van der Waals surface area contributed by atoms with Crippen LogP contribution in [0.1, 0.15) is 22.8 Å². The van der Waals surface area contributed by atoms with Gasteiger partial charge in [0.1, 0.15) is 18.2 Å². The van der Waals surface area contributed by atoms with E-state index in [1.165, 1.54) is 12.1 Å². The van der Waals surface area contributed by atoms with Crippen LogP contribution in [0.4, 0.5) is 16.0 Å². The molecule has 0 radical (unpaired) electrons. The third-order valence-corrected chi connectivity index (χ3v) is 4.64. The zero-order chi connectivity index (χ0) is 21.8. The SMILES string of the molecule is COCCOc1nc(N[C@@H](C)c2ccc(F)cc2)cc(-c2c(N)nn3cccnc23)n1.[HH].[HH].[HH]. The second-order valence-electron chi connectivity index (χ2n) is 6.83. The summed E-state index contributed by atoms with van der Waals surface area (Å²) >= 11 is 0. The van der Waals surface area contributed by atoms with Crippen LogP contribution in [0, 0.1) is 5.82 Å². The van der Waals surface area contributed by atoms with E-state index in [0.717, 1.165) is 5.56 Å². The van der Waals surface area contributed by atoms with Gasteiger partial charge in [-0.25, -0.2) is 13.9 Å². The first kappa shape index (κ1) is 20.5. The summed E-state index contributed by atoms with van der Waals surface area (Å²) in [6, 6.07) is 9.82. The molecule has 3 N–H and O–H groups in total. The first-order chi connectivity index (χ1) is 15.0. The van der Waals surface area contributed by atoms with Gasteiger partial charge in [-0.05, 0) is 30.7 Å². The Morgan fingerprint density at radius 3 is 2.81 bits per heavy atom. The number of methoxy groups -OCH3 is 1. The lowest BCUT2D eigenvalue weighted by Gasteiger charge is -2.16. The summed E-state index contributed by atoms with van der Waals surface area (Å²) in [6.07, 6.45) is 3.42. The Balaban J connectivity index is 0.00000193. The van der Waals surface area contributed by atoms with Gasteiger partial charge in [-0.15, -0.1) is 5.10 Å². The second kappa shape index (κ2) is 8.92. The fraction of sp³-hybridized carbons (Fsp3) is 0.238. The first-order valence-corrected chi connectivity index (χ1v) is 9.67. The molecule has 10 heteroatoms. The Labute approximate surface area is 182 Å². The number of rotatable bonds is 8. The molecule has 0 saturated carbocycles. The molecule has 0 bridgehead atoms. The van der Waals surface area contributed by atoms with E-state index in [2.05, 4.69) is 25.4 Å². The fourth-order valence-electron chi connectivity index (χ4n) is 3.11. The average molecular weight is 430 g/mol. The molecule has 1 atom stereocenters. The largest absolute Gasteiger partial charge is 0.461 e. The van der Waals surface area contributed by atoms with Gasteiger partial charge in [0, 0.05) is 35.9 Å². The van der Waals surface area contributed by atoms with Gasteiger partial charge in [-0.2, -0.15) is 9.97 Å². The number of nitrogens with zero attached hydrogens (tertiary/aromatic N) is 5. The standard InChI is InChI=1S/C21H22FN7O2.3H2/c1-13(14-4-6-15(22)7-5-14)25-17-12-16(26-21(27-17)31-11-10-30-2)18-19(23)28-29-9-3-8-24-20(18)29;;;/h3-9,12-13H,10-11H2,1-2H3,(H2,23,28)(H,25,26,27);3*1H/t13-;;;/m0.../s1. The van der Waals surface area contributed by atoms with Gasteiger partial charge in [0.2, 0.25) is 0 Å². The van der Waals surface area contributed by atoms with E-state index in [1.54, 1.807) is 48.3 Å². The number of nitrogen functional groups attached to an aromatic ring is 1. The van der Waals surface area contributed by atoms with Crippen molar-refractivity contribution in [3.63, 3.8) is 0 Å². The van der Waals surface area contributed by atoms with Crippen LogP contribution in [-0.4, -0.2) is 44.9 Å². The molecule has 4 rings (SSSR count). The number of hydrogen-bond donors (Lipinski definition) is 2. The summed E-state index contributed by atoms with van der Waals surface area (Å²) in [7, 11) is 1.59. The number of ether oxygens (including phenoxy) is 2. The molecule has 1 aromatic carbocycles. The second-order valence-corrected chi connectivity index (χ2v) is 6.83. The van der Waals surface area contributed by atoms with Gasteiger partial charge in [0.05, 0.1) is 17.9 Å². The van der Waals surface area contributed by atoms with Gasteiger partial charge >= 0.3 is 6.01 Å². The van der Waals surface area contributed by atoms with Crippen molar-refractivity contribution in [3.05, 3.63) is 60.2 Å². The number of hydrogen-bond acceptors (Lipinski definition) is 8. The number of halogens is 1. The molecule has 0 fully saturated rings. The van der Waals surface area contributed by atoms with Crippen LogP contribution in [0.25, 0.3) is 16.9 Å². The minimum atomic E-state index is -0.287. The molecule has 3 heterocycles. The quantitative estimate of drug-likeness (QED) is 0.406. The lowest BCUT2D eigenvalue weighted by Crippen LogP contribution is -2.11. The number of nitrogens with two attached hydrogens (primary N) is 1. The van der Waals surface area contributed by atoms with Crippen LogP contribution in [0.5, 0.6) is 6.01 Å². The minimum absolute atomic E-state index is 0. The lowest BCUT2D eigenvalue weighted by atomic mass is 10.1. The van der Waals surface area contributed by atoms with Crippen molar-refractivity contribution >= 4 is 17.3 Å². The molecule has 0 aliphatic rings. The number of aromatic nitrogens is 5. The first-order valence-electron chi connectivity index (χ1n) is 9.67. The molecule has 9 nitrogen and oxygen atoms in total. The molecule has 4 aromatic rings. The Morgan fingerprint density at radius 1 is 1.23 bits per heavy atom. The van der Waals surface area contributed by atoms with Gasteiger partial charge in [0.15, 0.2) is 11.5 Å². The number of anilines is 2. The Kier molecular flexibility index (Phi) is 5.89. The molecule has 166 valence electrons. The van der Waals surface area contributed by atoms with Crippen molar-refractivity contribution in [2.24, 2.45) is 0 Å². The maximum absolute atomic E-state index is 13.3. The zero-order valence-electron chi connectivity index (χ0n) is 17.1. The highest BCUT2D eigenvalue weighted by Crippen LogP contribution is 2.31. The summed E-state index contributed by atoms with van der Waals surface area (Å²) < 4.78 is 25.5.